The van der Waals surface area contributed by atoms with Gasteiger partial charge in [0.05, 0.1) is 11.0 Å². The molecule has 7 heteroatoms. The molecule has 6 nitrogen and oxygen atoms in total. The summed E-state index contributed by atoms with van der Waals surface area (Å²) in [4.78, 5) is 20.8. The molecule has 1 aliphatic carbocycles. The minimum atomic E-state index is -0.100. The number of hydrogen-bond donors (Lipinski definition) is 2. The second-order valence-electron chi connectivity index (χ2n) is 5.39. The van der Waals surface area contributed by atoms with E-state index in [0.717, 1.165) is 23.9 Å². The quantitative estimate of drug-likeness (QED) is 0.777. The van der Waals surface area contributed by atoms with Crippen molar-refractivity contribution in [2.75, 3.05) is 5.32 Å². The Morgan fingerprint density at radius 3 is 2.91 bits per heavy atom. The second-order valence-corrected chi connectivity index (χ2v) is 6.25. The number of aromatic nitrogens is 3. The van der Waals surface area contributed by atoms with Crippen molar-refractivity contribution in [3.05, 3.63) is 35.3 Å². The zero-order valence-electron chi connectivity index (χ0n) is 12.0. The van der Waals surface area contributed by atoms with Gasteiger partial charge in [0.15, 0.2) is 5.13 Å². The number of nitrogens with one attached hydrogen (secondary N) is 2. The van der Waals surface area contributed by atoms with Crippen LogP contribution in [-0.4, -0.2) is 26.5 Å². The summed E-state index contributed by atoms with van der Waals surface area (Å²) in [5, 5.41) is 8.55. The summed E-state index contributed by atoms with van der Waals surface area (Å²) in [5.41, 5.74) is 2.43. The average molecular weight is 313 g/mol. The maximum Gasteiger partial charge on any atom is 0.271 e. The standard InChI is InChI=1S/C15H15N5OS/c1-20-12-5-3-2-4-10(12)17-14(20)19-15-18-11(8-22-15)13(21)16-9-6-7-9/h2-5,8-9H,6-7H2,1H3,(H,16,21)(H,17,18,19). The van der Waals surface area contributed by atoms with Crippen LogP contribution in [0.5, 0.6) is 0 Å². The summed E-state index contributed by atoms with van der Waals surface area (Å²) in [5.74, 6) is 0.613. The maximum absolute atomic E-state index is 12.0. The molecule has 0 unspecified atom stereocenters. The Hall–Kier alpha value is -2.41. The van der Waals surface area contributed by atoms with E-state index in [9.17, 15) is 4.79 Å². The molecular weight excluding hydrogens is 298 g/mol. The van der Waals surface area contributed by atoms with E-state index in [0.29, 0.717) is 22.8 Å². The summed E-state index contributed by atoms with van der Waals surface area (Å²) in [6, 6.07) is 8.27. The maximum atomic E-state index is 12.0. The zero-order chi connectivity index (χ0) is 15.1. The van der Waals surface area contributed by atoms with Gasteiger partial charge in [-0.15, -0.1) is 11.3 Å². The molecule has 0 saturated heterocycles. The summed E-state index contributed by atoms with van der Waals surface area (Å²) in [6.45, 7) is 0. The van der Waals surface area contributed by atoms with Crippen molar-refractivity contribution in [2.24, 2.45) is 7.05 Å². The molecule has 22 heavy (non-hydrogen) atoms. The molecule has 0 atom stereocenters. The van der Waals surface area contributed by atoms with E-state index >= 15 is 0 Å². The first-order valence-corrected chi connectivity index (χ1v) is 8.03. The van der Waals surface area contributed by atoms with Crippen LogP contribution in [0.25, 0.3) is 11.0 Å². The first-order valence-electron chi connectivity index (χ1n) is 7.15. The van der Waals surface area contributed by atoms with Crippen LogP contribution in [0.4, 0.5) is 11.1 Å². The smallest absolute Gasteiger partial charge is 0.271 e. The van der Waals surface area contributed by atoms with Gasteiger partial charge in [-0.05, 0) is 25.0 Å². The molecule has 3 aromatic rings. The molecule has 2 aromatic heterocycles. The van der Waals surface area contributed by atoms with Crippen molar-refractivity contribution >= 4 is 39.4 Å². The Kier molecular flexibility index (Phi) is 3.07. The van der Waals surface area contributed by atoms with Gasteiger partial charge in [-0.1, -0.05) is 12.1 Å². The SMILES string of the molecule is Cn1c(Nc2nc(C(=O)NC3CC3)cs2)nc2ccccc21. The lowest BCUT2D eigenvalue weighted by Crippen LogP contribution is -2.25. The summed E-state index contributed by atoms with van der Waals surface area (Å²) < 4.78 is 1.97. The van der Waals surface area contributed by atoms with Crippen molar-refractivity contribution in [2.45, 2.75) is 18.9 Å². The topological polar surface area (TPSA) is 71.8 Å². The summed E-state index contributed by atoms with van der Waals surface area (Å²) in [7, 11) is 1.95. The van der Waals surface area contributed by atoms with E-state index in [-0.39, 0.29) is 5.91 Å². The molecule has 0 radical (unpaired) electrons. The van der Waals surface area contributed by atoms with Crippen LogP contribution in [0.15, 0.2) is 29.6 Å². The largest absolute Gasteiger partial charge is 0.348 e. The fourth-order valence-corrected chi connectivity index (χ4v) is 2.96. The van der Waals surface area contributed by atoms with Crippen LogP contribution in [0.2, 0.25) is 0 Å². The Morgan fingerprint density at radius 2 is 2.14 bits per heavy atom. The van der Waals surface area contributed by atoms with E-state index in [1.807, 2.05) is 35.9 Å². The molecule has 1 aromatic carbocycles. The molecule has 1 aliphatic rings. The van der Waals surface area contributed by atoms with Crippen LogP contribution in [0.3, 0.4) is 0 Å². The van der Waals surface area contributed by atoms with Crippen molar-refractivity contribution in [3.63, 3.8) is 0 Å². The lowest BCUT2D eigenvalue weighted by Gasteiger charge is -2.02. The molecule has 1 fully saturated rings. The average Bonchev–Trinajstić information content (AvgIpc) is 3.11. The number of para-hydroxylation sites is 2. The molecule has 1 saturated carbocycles. The number of thiazole rings is 1. The van der Waals surface area contributed by atoms with Gasteiger partial charge in [0.25, 0.3) is 5.91 Å². The number of imidazole rings is 1. The number of carbonyl (C=O) groups excluding carboxylic acids is 1. The number of aryl methyl sites for hydroxylation is 1. The highest BCUT2D eigenvalue weighted by molar-refractivity contribution is 7.14. The molecule has 0 bridgehead atoms. The second kappa shape index (κ2) is 5.10. The van der Waals surface area contributed by atoms with Crippen molar-refractivity contribution in [3.8, 4) is 0 Å². The number of carbonyl (C=O) groups is 1. The number of rotatable bonds is 4. The number of nitrogens with zero attached hydrogens (tertiary/aromatic N) is 3. The fourth-order valence-electron chi connectivity index (χ4n) is 2.28. The molecule has 2 heterocycles. The first-order chi connectivity index (χ1) is 10.7. The van der Waals surface area contributed by atoms with Gasteiger partial charge in [0, 0.05) is 18.5 Å². The highest BCUT2D eigenvalue weighted by Gasteiger charge is 2.24. The van der Waals surface area contributed by atoms with E-state index in [4.69, 9.17) is 0 Å². The van der Waals surface area contributed by atoms with Gasteiger partial charge in [0.2, 0.25) is 5.95 Å². The van der Waals surface area contributed by atoms with Gasteiger partial charge in [-0.25, -0.2) is 9.97 Å². The van der Waals surface area contributed by atoms with E-state index in [1.54, 1.807) is 5.38 Å². The lowest BCUT2D eigenvalue weighted by molar-refractivity contribution is 0.0947. The summed E-state index contributed by atoms with van der Waals surface area (Å²) >= 11 is 1.40. The van der Waals surface area contributed by atoms with Gasteiger partial charge in [0.1, 0.15) is 5.69 Å². The molecule has 2 N–H and O–H groups in total. The van der Waals surface area contributed by atoms with E-state index in [2.05, 4.69) is 20.6 Å². The molecule has 1 amide bonds. The number of fused-ring (bicyclic) bond motifs is 1. The van der Waals surface area contributed by atoms with Crippen LogP contribution < -0.4 is 10.6 Å². The fraction of sp³-hybridized carbons (Fsp3) is 0.267. The van der Waals surface area contributed by atoms with Crippen molar-refractivity contribution in [1.29, 1.82) is 0 Å². The first kappa shape index (κ1) is 13.3. The van der Waals surface area contributed by atoms with Gasteiger partial charge in [-0.3, -0.25) is 4.79 Å². The Bertz CT molecular complexity index is 849. The zero-order valence-corrected chi connectivity index (χ0v) is 12.9. The van der Waals surface area contributed by atoms with Crippen LogP contribution >= 0.6 is 11.3 Å². The lowest BCUT2D eigenvalue weighted by atomic mass is 10.3. The van der Waals surface area contributed by atoms with E-state index in [1.165, 1.54) is 11.3 Å². The van der Waals surface area contributed by atoms with Crippen LogP contribution in [-0.2, 0) is 7.05 Å². The molecule has 0 spiro atoms. The van der Waals surface area contributed by atoms with E-state index < -0.39 is 0 Å². The number of amides is 1. The predicted octanol–water partition coefficient (Wildman–Crippen LogP) is 2.67. The third kappa shape index (κ3) is 2.43. The van der Waals surface area contributed by atoms with Gasteiger partial charge < -0.3 is 15.2 Å². The number of hydrogen-bond acceptors (Lipinski definition) is 5. The normalized spacial score (nSPS) is 14.2. The Morgan fingerprint density at radius 1 is 1.32 bits per heavy atom. The van der Waals surface area contributed by atoms with Gasteiger partial charge >= 0.3 is 0 Å². The highest BCUT2D eigenvalue weighted by atomic mass is 32.1. The van der Waals surface area contributed by atoms with Gasteiger partial charge in [-0.2, -0.15) is 0 Å². The summed E-state index contributed by atoms with van der Waals surface area (Å²) in [6.07, 6.45) is 2.14. The number of anilines is 2. The van der Waals surface area contributed by atoms with Crippen LogP contribution in [0, 0.1) is 0 Å². The molecule has 4 rings (SSSR count). The predicted molar refractivity (Wildman–Crippen MR) is 86.6 cm³/mol. The van der Waals surface area contributed by atoms with Crippen molar-refractivity contribution < 1.29 is 4.79 Å². The Balaban J connectivity index is 1.56. The monoisotopic (exact) mass is 313 g/mol. The number of benzene rings is 1. The molecule has 112 valence electrons. The third-order valence-electron chi connectivity index (χ3n) is 3.66. The highest BCUT2D eigenvalue weighted by Crippen LogP contribution is 2.24. The molecular formula is C15H15N5OS. The minimum Gasteiger partial charge on any atom is -0.348 e. The minimum absolute atomic E-state index is 0.100. The third-order valence-corrected chi connectivity index (χ3v) is 4.41. The molecule has 0 aliphatic heterocycles. The Labute approximate surface area is 131 Å². The van der Waals surface area contributed by atoms with Crippen LogP contribution in [0.1, 0.15) is 23.3 Å². The van der Waals surface area contributed by atoms with Crippen molar-refractivity contribution in [1.82, 2.24) is 19.9 Å².